The summed E-state index contributed by atoms with van der Waals surface area (Å²) in [6, 6.07) is 19.9. The molecular weight excluding hydrogens is 240 g/mol. The van der Waals surface area contributed by atoms with Crippen molar-refractivity contribution >= 4 is 0 Å². The highest BCUT2D eigenvalue weighted by molar-refractivity contribution is 5.30. The summed E-state index contributed by atoms with van der Waals surface area (Å²) in [5.41, 5.74) is 4.52. The smallest absolute Gasteiger partial charge is 0.0121 e. The van der Waals surface area contributed by atoms with Crippen molar-refractivity contribution in [3.8, 4) is 0 Å². The van der Waals surface area contributed by atoms with Gasteiger partial charge >= 0.3 is 0 Å². The Labute approximate surface area is 123 Å². The van der Waals surface area contributed by atoms with E-state index in [1.54, 1.807) is 0 Å². The molecule has 0 amide bonds. The lowest BCUT2D eigenvalue weighted by Crippen LogP contribution is -2.05. The molecule has 1 unspecified atom stereocenters. The van der Waals surface area contributed by atoms with Crippen LogP contribution in [-0.4, -0.2) is 0 Å². The highest BCUT2D eigenvalue weighted by Gasteiger charge is 2.13. The van der Waals surface area contributed by atoms with Gasteiger partial charge in [0.25, 0.3) is 0 Å². The van der Waals surface area contributed by atoms with E-state index in [4.69, 9.17) is 0 Å². The monoisotopic (exact) mass is 266 g/mol. The van der Waals surface area contributed by atoms with Gasteiger partial charge < -0.3 is 0 Å². The summed E-state index contributed by atoms with van der Waals surface area (Å²) in [6.07, 6.45) is 6.19. The van der Waals surface area contributed by atoms with Gasteiger partial charge in [-0.2, -0.15) is 0 Å². The van der Waals surface area contributed by atoms with Gasteiger partial charge in [0.05, 0.1) is 0 Å². The maximum atomic E-state index is 2.31. The molecule has 20 heavy (non-hydrogen) atoms. The largest absolute Gasteiger partial charge is 0.0654 e. The molecule has 0 heteroatoms. The topological polar surface area (TPSA) is 0 Å². The Morgan fingerprint density at radius 3 is 2.10 bits per heavy atom. The van der Waals surface area contributed by atoms with Crippen molar-refractivity contribution < 1.29 is 0 Å². The minimum absolute atomic E-state index is 0.656. The quantitative estimate of drug-likeness (QED) is 0.597. The van der Waals surface area contributed by atoms with Gasteiger partial charge in [0, 0.05) is 0 Å². The molecule has 0 saturated carbocycles. The van der Waals surface area contributed by atoms with Gasteiger partial charge in [0.2, 0.25) is 0 Å². The van der Waals surface area contributed by atoms with Gasteiger partial charge in [-0.25, -0.2) is 0 Å². The highest BCUT2D eigenvalue weighted by atomic mass is 14.2. The average molecular weight is 266 g/mol. The molecule has 0 N–H and O–H groups in total. The summed E-state index contributed by atoms with van der Waals surface area (Å²) in [5.74, 6) is 0.656. The normalized spacial score (nSPS) is 12.3. The minimum Gasteiger partial charge on any atom is -0.0654 e. The maximum Gasteiger partial charge on any atom is -0.0121 e. The zero-order chi connectivity index (χ0) is 14.2. The van der Waals surface area contributed by atoms with E-state index in [9.17, 15) is 0 Å². The molecule has 2 rings (SSSR count). The Hall–Kier alpha value is -1.56. The first-order chi connectivity index (χ1) is 9.85. The average Bonchev–Trinajstić information content (AvgIpc) is 2.52. The Morgan fingerprint density at radius 2 is 1.45 bits per heavy atom. The van der Waals surface area contributed by atoms with E-state index in [0.717, 1.165) is 6.42 Å². The first kappa shape index (κ1) is 14.8. The Kier molecular flexibility index (Phi) is 5.86. The van der Waals surface area contributed by atoms with Crippen LogP contribution in [0.4, 0.5) is 0 Å². The number of hydrogen-bond acceptors (Lipinski definition) is 0. The summed E-state index contributed by atoms with van der Waals surface area (Å²) in [5, 5.41) is 0. The van der Waals surface area contributed by atoms with Crippen molar-refractivity contribution in [2.24, 2.45) is 0 Å². The van der Waals surface area contributed by atoms with Crippen molar-refractivity contribution in [3.05, 3.63) is 71.3 Å². The molecule has 0 aliphatic heterocycles. The van der Waals surface area contributed by atoms with Crippen LogP contribution < -0.4 is 0 Å². The predicted molar refractivity (Wildman–Crippen MR) is 88.2 cm³/mol. The van der Waals surface area contributed by atoms with Gasteiger partial charge in [-0.15, -0.1) is 0 Å². The third kappa shape index (κ3) is 3.96. The van der Waals surface area contributed by atoms with Crippen molar-refractivity contribution in [2.75, 3.05) is 0 Å². The molecule has 0 radical (unpaired) electrons. The van der Waals surface area contributed by atoms with Crippen molar-refractivity contribution in [1.82, 2.24) is 0 Å². The summed E-state index contributed by atoms with van der Waals surface area (Å²) < 4.78 is 0. The zero-order valence-corrected chi connectivity index (χ0v) is 12.8. The van der Waals surface area contributed by atoms with Gasteiger partial charge in [-0.05, 0) is 41.9 Å². The molecule has 0 aliphatic carbocycles. The number of unbranched alkanes of at least 4 members (excludes halogenated alkanes) is 1. The molecular formula is C20H26. The molecule has 0 heterocycles. The van der Waals surface area contributed by atoms with Gasteiger partial charge in [-0.1, -0.05) is 81.3 Å². The van der Waals surface area contributed by atoms with Crippen LogP contribution in [-0.2, 0) is 12.8 Å². The number of aryl methyl sites for hydroxylation is 1. The van der Waals surface area contributed by atoms with E-state index < -0.39 is 0 Å². The van der Waals surface area contributed by atoms with Crippen LogP contribution in [0.15, 0.2) is 54.6 Å². The van der Waals surface area contributed by atoms with Gasteiger partial charge in [0.1, 0.15) is 0 Å². The fourth-order valence-electron chi connectivity index (χ4n) is 2.93. The van der Waals surface area contributed by atoms with Crippen LogP contribution in [0.25, 0.3) is 0 Å². The summed E-state index contributed by atoms with van der Waals surface area (Å²) in [4.78, 5) is 0. The van der Waals surface area contributed by atoms with Crippen molar-refractivity contribution in [1.29, 1.82) is 0 Å². The van der Waals surface area contributed by atoms with E-state index in [1.165, 1.54) is 42.4 Å². The first-order valence-electron chi connectivity index (χ1n) is 7.96. The predicted octanol–water partition coefficient (Wildman–Crippen LogP) is 5.77. The molecule has 0 fully saturated rings. The van der Waals surface area contributed by atoms with E-state index in [-0.39, 0.29) is 0 Å². The summed E-state index contributed by atoms with van der Waals surface area (Å²) in [6.45, 7) is 4.53. The Morgan fingerprint density at radius 1 is 0.800 bits per heavy atom. The highest BCUT2D eigenvalue weighted by Crippen LogP contribution is 2.27. The van der Waals surface area contributed by atoms with Gasteiger partial charge in [-0.3, -0.25) is 0 Å². The van der Waals surface area contributed by atoms with E-state index in [2.05, 4.69) is 68.4 Å². The van der Waals surface area contributed by atoms with E-state index >= 15 is 0 Å². The van der Waals surface area contributed by atoms with Crippen LogP contribution in [0.2, 0.25) is 0 Å². The summed E-state index contributed by atoms with van der Waals surface area (Å²) in [7, 11) is 0. The Bertz CT molecular complexity index is 498. The Balaban J connectivity index is 2.19. The molecule has 2 aromatic rings. The minimum atomic E-state index is 0.656. The second-order valence-electron chi connectivity index (χ2n) is 5.58. The number of hydrogen-bond donors (Lipinski definition) is 0. The lowest BCUT2D eigenvalue weighted by atomic mass is 9.86. The fourth-order valence-corrected chi connectivity index (χ4v) is 2.93. The molecule has 0 aliphatic rings. The van der Waals surface area contributed by atoms with Crippen molar-refractivity contribution in [2.45, 2.75) is 51.9 Å². The number of rotatable bonds is 7. The van der Waals surface area contributed by atoms with E-state index in [1.807, 2.05) is 0 Å². The van der Waals surface area contributed by atoms with E-state index in [0.29, 0.717) is 5.92 Å². The van der Waals surface area contributed by atoms with Crippen LogP contribution in [0.1, 0.15) is 55.7 Å². The standard InChI is InChI=1S/C20H26/c1-3-5-11-20(18-13-7-6-8-14-18)16-19-15-10-9-12-17(19)4-2/h6-10,12-15,20H,3-5,11,16H2,1-2H3. The molecule has 0 bridgehead atoms. The molecule has 0 aromatic heterocycles. The number of benzene rings is 2. The van der Waals surface area contributed by atoms with Crippen LogP contribution in [0, 0.1) is 0 Å². The van der Waals surface area contributed by atoms with Crippen LogP contribution >= 0.6 is 0 Å². The molecule has 0 nitrogen and oxygen atoms in total. The lowest BCUT2D eigenvalue weighted by Gasteiger charge is -2.19. The third-order valence-electron chi connectivity index (χ3n) is 4.14. The van der Waals surface area contributed by atoms with Gasteiger partial charge in [0.15, 0.2) is 0 Å². The second kappa shape index (κ2) is 7.89. The maximum absolute atomic E-state index is 2.31. The van der Waals surface area contributed by atoms with Crippen LogP contribution in [0.3, 0.4) is 0 Å². The first-order valence-corrected chi connectivity index (χ1v) is 7.96. The SMILES string of the molecule is CCCCC(Cc1ccccc1CC)c1ccccc1. The molecule has 1 atom stereocenters. The molecule has 2 aromatic carbocycles. The van der Waals surface area contributed by atoms with Crippen LogP contribution in [0.5, 0.6) is 0 Å². The lowest BCUT2D eigenvalue weighted by molar-refractivity contribution is 0.579. The summed E-state index contributed by atoms with van der Waals surface area (Å²) >= 11 is 0. The molecule has 0 spiro atoms. The third-order valence-corrected chi connectivity index (χ3v) is 4.14. The second-order valence-corrected chi connectivity index (χ2v) is 5.58. The molecule has 106 valence electrons. The molecule has 0 saturated heterocycles. The van der Waals surface area contributed by atoms with Crippen molar-refractivity contribution in [3.63, 3.8) is 0 Å². The fraction of sp³-hybridized carbons (Fsp3) is 0.400. The zero-order valence-electron chi connectivity index (χ0n) is 12.8.